The van der Waals surface area contributed by atoms with Gasteiger partial charge in [0.2, 0.25) is 0 Å². The fourth-order valence-corrected chi connectivity index (χ4v) is 2.54. The largest absolute Gasteiger partial charge is 0.495 e. The van der Waals surface area contributed by atoms with Crippen LogP contribution in [0.1, 0.15) is 18.4 Å². The first-order valence-electron chi connectivity index (χ1n) is 7.03. The summed E-state index contributed by atoms with van der Waals surface area (Å²) in [5, 5.41) is 3.86. The summed E-state index contributed by atoms with van der Waals surface area (Å²) in [6.07, 6.45) is 2.45. The van der Waals surface area contributed by atoms with E-state index < -0.39 is 0 Å². The van der Waals surface area contributed by atoms with E-state index in [4.69, 9.17) is 16.3 Å². The van der Waals surface area contributed by atoms with Crippen molar-refractivity contribution in [3.63, 3.8) is 0 Å². The van der Waals surface area contributed by atoms with Crippen LogP contribution in [0.25, 0.3) is 11.1 Å². The molecule has 0 bridgehead atoms. The number of hydrogen-bond donors (Lipinski definition) is 1. The van der Waals surface area contributed by atoms with Crippen molar-refractivity contribution in [1.29, 1.82) is 0 Å². The zero-order chi connectivity index (χ0) is 14.8. The Bertz CT molecular complexity index is 655. The summed E-state index contributed by atoms with van der Waals surface area (Å²) in [6.45, 7) is 0.714. The van der Waals surface area contributed by atoms with Crippen LogP contribution in [-0.2, 0) is 6.54 Å². The molecule has 1 fully saturated rings. The predicted octanol–water partition coefficient (Wildman–Crippen LogP) is 4.41. The standard InChI is InChI=1S/C17H17ClFNO/c1-21-17-7-3-12(9-15(17)18)14-6-2-11(8-16(14)19)10-20-13-4-5-13/h2-3,6-9,13,20H,4-5,10H2,1H3. The van der Waals surface area contributed by atoms with Gasteiger partial charge in [0.05, 0.1) is 12.1 Å². The maximum atomic E-state index is 14.3. The maximum absolute atomic E-state index is 14.3. The van der Waals surface area contributed by atoms with Crippen LogP contribution in [-0.4, -0.2) is 13.2 Å². The number of halogens is 2. The Labute approximate surface area is 128 Å². The molecule has 0 amide bonds. The van der Waals surface area contributed by atoms with E-state index in [0.717, 1.165) is 11.1 Å². The molecule has 1 aliphatic rings. The van der Waals surface area contributed by atoms with Crippen molar-refractivity contribution < 1.29 is 9.13 Å². The lowest BCUT2D eigenvalue weighted by molar-refractivity contribution is 0.415. The topological polar surface area (TPSA) is 21.3 Å². The lowest BCUT2D eigenvalue weighted by Gasteiger charge is -2.09. The van der Waals surface area contributed by atoms with Crippen LogP contribution in [0.15, 0.2) is 36.4 Å². The molecule has 0 aromatic heterocycles. The fourth-order valence-electron chi connectivity index (χ4n) is 2.29. The minimum atomic E-state index is -0.230. The molecule has 3 rings (SSSR count). The Morgan fingerprint density at radius 2 is 2.05 bits per heavy atom. The van der Waals surface area contributed by atoms with Crippen LogP contribution in [0.3, 0.4) is 0 Å². The van der Waals surface area contributed by atoms with Gasteiger partial charge >= 0.3 is 0 Å². The number of methoxy groups -OCH3 is 1. The Morgan fingerprint density at radius 1 is 1.24 bits per heavy atom. The van der Waals surface area contributed by atoms with Gasteiger partial charge in [-0.3, -0.25) is 0 Å². The van der Waals surface area contributed by atoms with Crippen LogP contribution < -0.4 is 10.1 Å². The molecule has 4 heteroatoms. The smallest absolute Gasteiger partial charge is 0.137 e. The van der Waals surface area contributed by atoms with Gasteiger partial charge in [-0.2, -0.15) is 0 Å². The molecule has 0 radical (unpaired) electrons. The van der Waals surface area contributed by atoms with Crippen molar-refractivity contribution in [3.8, 4) is 16.9 Å². The van der Waals surface area contributed by atoms with Crippen LogP contribution >= 0.6 is 11.6 Å². The molecule has 1 N–H and O–H groups in total. The molecule has 0 saturated heterocycles. The van der Waals surface area contributed by atoms with Gasteiger partial charge in [-0.15, -0.1) is 0 Å². The first-order valence-corrected chi connectivity index (χ1v) is 7.41. The third kappa shape index (κ3) is 3.36. The van der Waals surface area contributed by atoms with Crippen LogP contribution in [0.2, 0.25) is 5.02 Å². The molecule has 110 valence electrons. The predicted molar refractivity (Wildman–Crippen MR) is 83.3 cm³/mol. The summed E-state index contributed by atoms with van der Waals surface area (Å²) in [5.74, 6) is 0.359. The summed E-state index contributed by atoms with van der Waals surface area (Å²) in [4.78, 5) is 0. The molecule has 21 heavy (non-hydrogen) atoms. The van der Waals surface area contributed by atoms with Gasteiger partial charge in [0, 0.05) is 18.2 Å². The van der Waals surface area contributed by atoms with E-state index in [9.17, 15) is 4.39 Å². The van der Waals surface area contributed by atoms with Gasteiger partial charge in [-0.25, -0.2) is 4.39 Å². The molecule has 2 nitrogen and oxygen atoms in total. The number of rotatable bonds is 5. The Balaban J connectivity index is 1.82. The lowest BCUT2D eigenvalue weighted by Crippen LogP contribution is -2.15. The van der Waals surface area contributed by atoms with E-state index in [0.29, 0.717) is 28.9 Å². The molecule has 0 spiro atoms. The molecule has 2 aromatic rings. The SMILES string of the molecule is COc1ccc(-c2ccc(CNC3CC3)cc2F)cc1Cl. The first-order chi connectivity index (χ1) is 10.2. The monoisotopic (exact) mass is 305 g/mol. The van der Waals surface area contributed by atoms with Crippen LogP contribution in [0, 0.1) is 5.82 Å². The minimum absolute atomic E-state index is 0.230. The molecule has 0 heterocycles. The molecule has 2 aromatic carbocycles. The molecule has 0 unspecified atom stereocenters. The molecule has 1 aliphatic carbocycles. The number of benzene rings is 2. The summed E-state index contributed by atoms with van der Waals surface area (Å²) in [6, 6.07) is 11.2. The highest BCUT2D eigenvalue weighted by molar-refractivity contribution is 6.32. The van der Waals surface area contributed by atoms with Crippen molar-refractivity contribution in [1.82, 2.24) is 5.32 Å². The third-order valence-corrected chi connectivity index (χ3v) is 3.96. The zero-order valence-electron chi connectivity index (χ0n) is 11.8. The van der Waals surface area contributed by atoms with Crippen molar-refractivity contribution in [3.05, 3.63) is 52.8 Å². The third-order valence-electron chi connectivity index (χ3n) is 3.67. The van der Waals surface area contributed by atoms with Crippen LogP contribution in [0.4, 0.5) is 4.39 Å². The average Bonchev–Trinajstić information content (AvgIpc) is 3.29. The van der Waals surface area contributed by atoms with E-state index in [1.807, 2.05) is 12.1 Å². The van der Waals surface area contributed by atoms with E-state index in [1.165, 1.54) is 12.8 Å². The molecular formula is C17H17ClFNO. The second-order valence-corrected chi connectivity index (χ2v) is 5.73. The number of nitrogens with one attached hydrogen (secondary N) is 1. The van der Waals surface area contributed by atoms with Crippen LogP contribution in [0.5, 0.6) is 5.75 Å². The quantitative estimate of drug-likeness (QED) is 0.883. The van der Waals surface area contributed by atoms with Crippen molar-refractivity contribution in [2.45, 2.75) is 25.4 Å². The number of hydrogen-bond acceptors (Lipinski definition) is 2. The van der Waals surface area contributed by atoms with E-state index in [-0.39, 0.29) is 5.82 Å². The maximum Gasteiger partial charge on any atom is 0.137 e. The van der Waals surface area contributed by atoms with Crippen molar-refractivity contribution in [2.75, 3.05) is 7.11 Å². The second kappa shape index (κ2) is 6.04. The Morgan fingerprint density at radius 3 is 2.67 bits per heavy atom. The Kier molecular flexibility index (Phi) is 4.13. The van der Waals surface area contributed by atoms with Gasteiger partial charge in [0.1, 0.15) is 11.6 Å². The van der Waals surface area contributed by atoms with E-state index in [1.54, 1.807) is 31.4 Å². The number of ether oxygens (including phenoxy) is 1. The molecular weight excluding hydrogens is 289 g/mol. The average molecular weight is 306 g/mol. The Hall–Kier alpha value is -1.58. The highest BCUT2D eigenvalue weighted by Gasteiger charge is 2.20. The fraction of sp³-hybridized carbons (Fsp3) is 0.294. The van der Waals surface area contributed by atoms with Gasteiger partial charge in [-0.05, 0) is 42.2 Å². The van der Waals surface area contributed by atoms with Gasteiger partial charge in [0.25, 0.3) is 0 Å². The van der Waals surface area contributed by atoms with E-state index in [2.05, 4.69) is 5.32 Å². The summed E-state index contributed by atoms with van der Waals surface area (Å²) in [5.41, 5.74) is 2.26. The lowest BCUT2D eigenvalue weighted by atomic mass is 10.0. The normalized spacial score (nSPS) is 14.2. The minimum Gasteiger partial charge on any atom is -0.495 e. The molecule has 0 aliphatic heterocycles. The van der Waals surface area contributed by atoms with Gasteiger partial charge in [-0.1, -0.05) is 29.8 Å². The first kappa shape index (κ1) is 14.4. The van der Waals surface area contributed by atoms with Gasteiger partial charge < -0.3 is 10.1 Å². The summed E-state index contributed by atoms with van der Waals surface area (Å²) in [7, 11) is 1.56. The van der Waals surface area contributed by atoms with Crippen molar-refractivity contribution in [2.24, 2.45) is 0 Å². The molecule has 0 atom stereocenters. The highest BCUT2D eigenvalue weighted by Crippen LogP contribution is 2.31. The van der Waals surface area contributed by atoms with Crippen molar-refractivity contribution >= 4 is 11.6 Å². The second-order valence-electron chi connectivity index (χ2n) is 5.32. The van der Waals surface area contributed by atoms with Gasteiger partial charge in [0.15, 0.2) is 0 Å². The van der Waals surface area contributed by atoms with E-state index >= 15 is 0 Å². The summed E-state index contributed by atoms with van der Waals surface area (Å²) >= 11 is 6.10. The summed E-state index contributed by atoms with van der Waals surface area (Å²) < 4.78 is 19.4. The highest BCUT2D eigenvalue weighted by atomic mass is 35.5. The molecule has 1 saturated carbocycles. The zero-order valence-corrected chi connectivity index (χ0v) is 12.6.